The molecule has 0 spiro atoms. The van der Waals surface area contributed by atoms with E-state index in [4.69, 9.17) is 16.0 Å². The van der Waals surface area contributed by atoms with E-state index in [1.165, 1.54) is 0 Å². The van der Waals surface area contributed by atoms with Crippen LogP contribution in [0.3, 0.4) is 0 Å². The molecule has 2 heterocycles. The Kier molecular flexibility index (Phi) is 9.28. The Labute approximate surface area is 164 Å². The van der Waals surface area contributed by atoms with Crippen molar-refractivity contribution in [3.05, 3.63) is 41.4 Å². The molecule has 8 heteroatoms. The monoisotopic (exact) mass is 405 g/mol. The van der Waals surface area contributed by atoms with Gasteiger partial charge in [0, 0.05) is 43.1 Å². The number of hydrogen-bond acceptors (Lipinski definition) is 4. The summed E-state index contributed by atoms with van der Waals surface area (Å²) in [4.78, 5) is 18.4. The normalized spacial score (nSPS) is 14.2. The van der Waals surface area contributed by atoms with Gasteiger partial charge in [-0.3, -0.25) is 4.79 Å². The third-order valence-electron chi connectivity index (χ3n) is 3.93. The Balaban J connectivity index is 0.00000156. The van der Waals surface area contributed by atoms with Crippen molar-refractivity contribution in [2.45, 2.75) is 19.3 Å². The zero-order valence-corrected chi connectivity index (χ0v) is 16.1. The standard InChI is InChI=1S/C17H20ClN3O2.2ClH/c18-14-4-2-13(3-5-14)15-12-20-16(23-15)6-7-17(22)21-10-1-8-19-9-11-21;;/h2-5,12,19H,1,6-11H2;2*1H. The molecule has 1 aliphatic heterocycles. The van der Waals surface area contributed by atoms with E-state index >= 15 is 0 Å². The van der Waals surface area contributed by atoms with Crippen molar-refractivity contribution in [3.63, 3.8) is 0 Å². The highest BCUT2D eigenvalue weighted by Crippen LogP contribution is 2.22. The van der Waals surface area contributed by atoms with Gasteiger partial charge in [-0.05, 0) is 37.2 Å². The molecule has 1 amide bonds. The Bertz CT molecular complexity index is 653. The van der Waals surface area contributed by atoms with E-state index in [1.54, 1.807) is 6.20 Å². The molecule has 0 atom stereocenters. The van der Waals surface area contributed by atoms with Crippen molar-refractivity contribution in [1.29, 1.82) is 0 Å². The van der Waals surface area contributed by atoms with Crippen LogP contribution in [-0.2, 0) is 11.2 Å². The van der Waals surface area contributed by atoms with Crippen LogP contribution in [0.4, 0.5) is 0 Å². The number of amides is 1. The molecule has 1 fully saturated rings. The lowest BCUT2D eigenvalue weighted by Crippen LogP contribution is -2.34. The molecule has 3 rings (SSSR count). The molecule has 1 N–H and O–H groups in total. The number of halogens is 3. The summed E-state index contributed by atoms with van der Waals surface area (Å²) >= 11 is 5.88. The Hall–Kier alpha value is -1.27. The van der Waals surface area contributed by atoms with E-state index in [2.05, 4.69) is 10.3 Å². The first-order valence-electron chi connectivity index (χ1n) is 7.91. The first kappa shape index (κ1) is 21.8. The minimum Gasteiger partial charge on any atom is -0.441 e. The molecule has 5 nitrogen and oxygen atoms in total. The average molecular weight is 407 g/mol. The van der Waals surface area contributed by atoms with E-state index in [0.29, 0.717) is 29.5 Å². The third-order valence-corrected chi connectivity index (χ3v) is 4.18. The largest absolute Gasteiger partial charge is 0.441 e. The number of nitrogens with one attached hydrogen (secondary N) is 1. The molecule has 2 aromatic rings. The molecule has 0 radical (unpaired) electrons. The average Bonchev–Trinajstić information content (AvgIpc) is 2.86. The molecule has 1 aromatic heterocycles. The SMILES string of the molecule is Cl.Cl.O=C(CCc1ncc(-c2ccc(Cl)cc2)o1)N1CCCNCC1. The number of aromatic nitrogens is 1. The fraction of sp³-hybridized carbons (Fsp3) is 0.412. The maximum Gasteiger partial charge on any atom is 0.223 e. The van der Waals surface area contributed by atoms with Crippen molar-refractivity contribution < 1.29 is 9.21 Å². The molecule has 138 valence electrons. The minimum atomic E-state index is 0. The lowest BCUT2D eigenvalue weighted by atomic mass is 10.2. The van der Waals surface area contributed by atoms with Crippen molar-refractivity contribution >= 4 is 42.3 Å². The summed E-state index contributed by atoms with van der Waals surface area (Å²) in [7, 11) is 0. The highest BCUT2D eigenvalue weighted by Gasteiger charge is 2.16. The first-order chi connectivity index (χ1) is 11.2. The maximum absolute atomic E-state index is 12.3. The summed E-state index contributed by atoms with van der Waals surface area (Å²) in [6.07, 6.45) is 3.65. The highest BCUT2D eigenvalue weighted by molar-refractivity contribution is 6.30. The second-order valence-corrected chi connectivity index (χ2v) is 6.05. The minimum absolute atomic E-state index is 0. The number of benzene rings is 1. The quantitative estimate of drug-likeness (QED) is 0.843. The molecule has 1 aromatic carbocycles. The molecule has 0 unspecified atom stereocenters. The van der Waals surface area contributed by atoms with E-state index < -0.39 is 0 Å². The van der Waals surface area contributed by atoms with Gasteiger partial charge >= 0.3 is 0 Å². The summed E-state index contributed by atoms with van der Waals surface area (Å²) in [6, 6.07) is 7.41. The van der Waals surface area contributed by atoms with Crippen LogP contribution in [0.1, 0.15) is 18.7 Å². The number of oxazole rings is 1. The van der Waals surface area contributed by atoms with Crippen molar-refractivity contribution in [2.24, 2.45) is 0 Å². The van der Waals surface area contributed by atoms with Crippen molar-refractivity contribution in [1.82, 2.24) is 15.2 Å². The number of nitrogens with zero attached hydrogens (tertiary/aromatic N) is 2. The van der Waals surface area contributed by atoms with Crippen LogP contribution in [-0.4, -0.2) is 42.0 Å². The molecule has 0 aliphatic carbocycles. The summed E-state index contributed by atoms with van der Waals surface area (Å²) < 4.78 is 5.73. The summed E-state index contributed by atoms with van der Waals surface area (Å²) in [5.74, 6) is 1.46. The lowest BCUT2D eigenvalue weighted by Gasteiger charge is -2.19. The van der Waals surface area contributed by atoms with Gasteiger partial charge in [0.25, 0.3) is 0 Å². The maximum atomic E-state index is 12.3. The zero-order chi connectivity index (χ0) is 16.1. The Morgan fingerprint density at radius 1 is 1.20 bits per heavy atom. The second kappa shape index (κ2) is 10.7. The van der Waals surface area contributed by atoms with E-state index in [9.17, 15) is 4.79 Å². The number of carbonyl (C=O) groups excluding carboxylic acids is 1. The van der Waals surface area contributed by atoms with Gasteiger partial charge in [-0.15, -0.1) is 24.8 Å². The van der Waals surface area contributed by atoms with Crippen LogP contribution in [0, 0.1) is 0 Å². The van der Waals surface area contributed by atoms with Crippen LogP contribution < -0.4 is 5.32 Å². The van der Waals surface area contributed by atoms with Crippen molar-refractivity contribution in [3.8, 4) is 11.3 Å². The van der Waals surface area contributed by atoms with E-state index in [1.807, 2.05) is 29.2 Å². The van der Waals surface area contributed by atoms with Crippen LogP contribution >= 0.6 is 36.4 Å². The van der Waals surface area contributed by atoms with Gasteiger partial charge in [0.1, 0.15) is 0 Å². The molecule has 1 aliphatic rings. The highest BCUT2D eigenvalue weighted by atomic mass is 35.5. The van der Waals surface area contributed by atoms with Crippen LogP contribution in [0.5, 0.6) is 0 Å². The van der Waals surface area contributed by atoms with E-state index in [-0.39, 0.29) is 30.7 Å². The van der Waals surface area contributed by atoms with Crippen LogP contribution in [0.2, 0.25) is 5.02 Å². The Morgan fingerprint density at radius 3 is 2.72 bits per heavy atom. The number of aryl methyl sites for hydroxylation is 1. The van der Waals surface area contributed by atoms with Gasteiger partial charge in [0.05, 0.1) is 6.20 Å². The third kappa shape index (κ3) is 6.19. The fourth-order valence-corrected chi connectivity index (χ4v) is 2.77. The number of carbonyl (C=O) groups is 1. The number of hydrogen-bond donors (Lipinski definition) is 1. The molecule has 25 heavy (non-hydrogen) atoms. The smallest absolute Gasteiger partial charge is 0.223 e. The molecule has 0 saturated carbocycles. The predicted molar refractivity (Wildman–Crippen MR) is 104 cm³/mol. The van der Waals surface area contributed by atoms with Crippen molar-refractivity contribution in [2.75, 3.05) is 26.2 Å². The number of rotatable bonds is 4. The lowest BCUT2D eigenvalue weighted by molar-refractivity contribution is -0.131. The van der Waals surface area contributed by atoms with Gasteiger partial charge in [0.2, 0.25) is 5.91 Å². The van der Waals surface area contributed by atoms with Crippen LogP contribution in [0.25, 0.3) is 11.3 Å². The van der Waals surface area contributed by atoms with Gasteiger partial charge in [-0.1, -0.05) is 11.6 Å². The van der Waals surface area contributed by atoms with Gasteiger partial charge in [-0.2, -0.15) is 0 Å². The second-order valence-electron chi connectivity index (χ2n) is 5.61. The Morgan fingerprint density at radius 2 is 1.96 bits per heavy atom. The summed E-state index contributed by atoms with van der Waals surface area (Å²) in [5.41, 5.74) is 0.929. The first-order valence-corrected chi connectivity index (χ1v) is 8.29. The molecule has 0 bridgehead atoms. The van der Waals surface area contributed by atoms with Gasteiger partial charge < -0.3 is 14.6 Å². The van der Waals surface area contributed by atoms with Crippen LogP contribution in [0.15, 0.2) is 34.9 Å². The van der Waals surface area contributed by atoms with Gasteiger partial charge in [-0.25, -0.2) is 4.98 Å². The van der Waals surface area contributed by atoms with E-state index in [0.717, 1.165) is 38.2 Å². The predicted octanol–water partition coefficient (Wildman–Crippen LogP) is 3.59. The molecular formula is C17H22Cl3N3O2. The fourth-order valence-electron chi connectivity index (χ4n) is 2.64. The molecular weight excluding hydrogens is 385 g/mol. The zero-order valence-electron chi connectivity index (χ0n) is 13.7. The summed E-state index contributed by atoms with van der Waals surface area (Å²) in [6.45, 7) is 3.45. The summed E-state index contributed by atoms with van der Waals surface area (Å²) in [5, 5.41) is 3.98. The molecule has 1 saturated heterocycles. The topological polar surface area (TPSA) is 58.4 Å². The van der Waals surface area contributed by atoms with Gasteiger partial charge in [0.15, 0.2) is 11.7 Å².